The normalized spacial score (nSPS) is 10.1. The minimum atomic E-state index is -0.0132. The Morgan fingerprint density at radius 1 is 0.667 bits per heavy atom. The fraction of sp³-hybridized carbons (Fsp3) is 0.0769. The van der Waals surface area contributed by atoms with Crippen LogP contribution in [0.15, 0.2) is 48.5 Å². The molecule has 2 aromatic carbocycles. The number of hydrogen-bond acceptors (Lipinski definition) is 0. The van der Waals surface area contributed by atoms with E-state index in [1.165, 1.54) is 12.1 Å². The van der Waals surface area contributed by atoms with E-state index in [2.05, 4.69) is 0 Å². The van der Waals surface area contributed by atoms with Crippen LogP contribution >= 0.6 is 0 Å². The van der Waals surface area contributed by atoms with Gasteiger partial charge in [0.2, 0.25) is 0 Å². The second kappa shape index (κ2) is 4.05. The zero-order valence-electron chi connectivity index (χ0n) is 8.14. The molecule has 0 aliphatic heterocycles. The van der Waals surface area contributed by atoms with Gasteiger partial charge in [0.05, 0.1) is 0 Å². The minimum absolute atomic E-state index is 0.0132. The van der Waals surface area contributed by atoms with Crippen molar-refractivity contribution in [1.82, 2.24) is 0 Å². The maximum atomic E-state index is 11.4. The quantitative estimate of drug-likeness (QED) is 0.707. The molecule has 0 fully saturated rings. The first-order valence-corrected chi connectivity index (χ1v) is 4.77. The molecular formula is C13H10O2. The summed E-state index contributed by atoms with van der Waals surface area (Å²) in [7, 11) is 0. The lowest BCUT2D eigenvalue weighted by atomic mass is 10.0. The molecule has 0 amide bonds. The van der Waals surface area contributed by atoms with E-state index in [1.807, 2.05) is 12.1 Å². The summed E-state index contributed by atoms with van der Waals surface area (Å²) >= 11 is 0. The minimum Gasteiger partial charge on any atom is -0.290 e. The highest BCUT2D eigenvalue weighted by atomic mass is 16.3. The van der Waals surface area contributed by atoms with Crippen LogP contribution in [0.1, 0.15) is 11.1 Å². The van der Waals surface area contributed by atoms with Crippen LogP contribution in [0.25, 0.3) is 0 Å². The second-order valence-corrected chi connectivity index (χ2v) is 3.39. The number of para-hydroxylation sites is 2. The Labute approximate surface area is 88.4 Å². The maximum absolute atomic E-state index is 11.4. The van der Waals surface area contributed by atoms with Crippen molar-refractivity contribution in [3.8, 4) is 11.5 Å². The van der Waals surface area contributed by atoms with Gasteiger partial charge >= 0.3 is 0 Å². The average molecular weight is 198 g/mol. The Morgan fingerprint density at radius 3 is 1.47 bits per heavy atom. The highest BCUT2D eigenvalue weighted by molar-refractivity contribution is 5.40. The Balaban J connectivity index is 2.30. The van der Waals surface area contributed by atoms with Gasteiger partial charge in [-0.3, -0.25) is 10.2 Å². The predicted molar refractivity (Wildman–Crippen MR) is 56.0 cm³/mol. The molecule has 0 heterocycles. The molecule has 2 rings (SSSR count). The molecule has 0 atom stereocenters. The summed E-state index contributed by atoms with van der Waals surface area (Å²) in [6.07, 6.45) is 0.416. The van der Waals surface area contributed by atoms with Crippen molar-refractivity contribution in [1.29, 1.82) is 0 Å². The van der Waals surface area contributed by atoms with Gasteiger partial charge < -0.3 is 0 Å². The lowest BCUT2D eigenvalue weighted by Crippen LogP contribution is -1.88. The molecular weight excluding hydrogens is 188 g/mol. The summed E-state index contributed by atoms with van der Waals surface area (Å²) in [5.41, 5.74) is 1.33. The third-order valence-corrected chi connectivity index (χ3v) is 2.33. The maximum Gasteiger partial charge on any atom is 0.182 e. The van der Waals surface area contributed by atoms with Crippen molar-refractivity contribution in [3.05, 3.63) is 59.7 Å². The van der Waals surface area contributed by atoms with Crippen LogP contribution in [0.3, 0.4) is 0 Å². The molecule has 15 heavy (non-hydrogen) atoms. The summed E-state index contributed by atoms with van der Waals surface area (Å²) in [6.45, 7) is 0. The van der Waals surface area contributed by atoms with Crippen LogP contribution in [-0.4, -0.2) is 0 Å². The highest BCUT2D eigenvalue weighted by Gasteiger charge is 2.06. The lowest BCUT2D eigenvalue weighted by molar-refractivity contribution is 0.346. The van der Waals surface area contributed by atoms with Crippen LogP contribution in [0.4, 0.5) is 0 Å². The topological polar surface area (TPSA) is 39.8 Å². The standard InChI is InChI=1S/C13H10O2/c14-12-7-3-1-5-10(12)9-11-6-2-4-8-13(11)15/h1-8H,9H2. The average Bonchev–Trinajstić information content (AvgIpc) is 2.24. The zero-order valence-corrected chi connectivity index (χ0v) is 8.14. The largest absolute Gasteiger partial charge is 0.290 e. The van der Waals surface area contributed by atoms with E-state index in [4.69, 9.17) is 0 Å². The fourth-order valence-corrected chi connectivity index (χ4v) is 1.50. The van der Waals surface area contributed by atoms with Crippen molar-refractivity contribution in [3.63, 3.8) is 0 Å². The van der Waals surface area contributed by atoms with Gasteiger partial charge in [0.1, 0.15) is 0 Å². The lowest BCUT2D eigenvalue weighted by Gasteiger charge is -2.03. The molecule has 2 radical (unpaired) electrons. The van der Waals surface area contributed by atoms with E-state index in [0.717, 1.165) is 0 Å². The third kappa shape index (κ3) is 2.10. The summed E-state index contributed by atoms with van der Waals surface area (Å²) in [5, 5.41) is 22.9. The molecule has 2 aromatic rings. The van der Waals surface area contributed by atoms with Gasteiger partial charge in [-0.05, 0) is 12.1 Å². The van der Waals surface area contributed by atoms with Crippen molar-refractivity contribution in [2.75, 3.05) is 0 Å². The fourth-order valence-electron chi connectivity index (χ4n) is 1.50. The summed E-state index contributed by atoms with van der Waals surface area (Å²) in [6, 6.07) is 13.6. The SMILES string of the molecule is [O]c1ccccc1Cc1ccccc1[O]. The molecule has 0 saturated carbocycles. The smallest absolute Gasteiger partial charge is 0.182 e. The summed E-state index contributed by atoms with van der Waals surface area (Å²) in [5.74, 6) is -0.0264. The van der Waals surface area contributed by atoms with Crippen LogP contribution < -0.4 is 0 Å². The van der Waals surface area contributed by atoms with E-state index >= 15 is 0 Å². The Kier molecular flexibility index (Phi) is 2.59. The molecule has 74 valence electrons. The Hall–Kier alpha value is -1.96. The molecule has 0 aromatic heterocycles. The molecule has 0 bridgehead atoms. The molecule has 0 unspecified atom stereocenters. The van der Waals surface area contributed by atoms with E-state index in [1.54, 1.807) is 24.3 Å². The molecule has 0 N–H and O–H groups in total. The van der Waals surface area contributed by atoms with Crippen molar-refractivity contribution in [2.45, 2.75) is 6.42 Å². The van der Waals surface area contributed by atoms with Gasteiger partial charge in [-0.25, -0.2) is 0 Å². The molecule has 0 saturated heterocycles. The molecule has 2 heteroatoms. The number of benzene rings is 2. The van der Waals surface area contributed by atoms with E-state index in [-0.39, 0.29) is 11.5 Å². The van der Waals surface area contributed by atoms with Gasteiger partial charge in [-0.15, -0.1) is 0 Å². The van der Waals surface area contributed by atoms with Crippen molar-refractivity contribution >= 4 is 0 Å². The third-order valence-electron chi connectivity index (χ3n) is 2.33. The first-order chi connectivity index (χ1) is 7.27. The van der Waals surface area contributed by atoms with Crippen molar-refractivity contribution in [2.24, 2.45) is 0 Å². The van der Waals surface area contributed by atoms with Crippen LogP contribution in [-0.2, 0) is 16.6 Å². The predicted octanol–water partition coefficient (Wildman–Crippen LogP) is 3.57. The number of hydrogen-bond donors (Lipinski definition) is 0. The van der Waals surface area contributed by atoms with Gasteiger partial charge in [0.15, 0.2) is 11.5 Å². The van der Waals surface area contributed by atoms with Gasteiger partial charge in [-0.2, -0.15) is 0 Å². The van der Waals surface area contributed by atoms with Crippen molar-refractivity contribution < 1.29 is 10.2 Å². The first kappa shape index (κ1) is 9.59. The van der Waals surface area contributed by atoms with Crippen LogP contribution in [0.2, 0.25) is 0 Å². The molecule has 0 aliphatic rings. The monoisotopic (exact) mass is 198 g/mol. The van der Waals surface area contributed by atoms with Gasteiger partial charge in [0, 0.05) is 17.5 Å². The second-order valence-electron chi connectivity index (χ2n) is 3.39. The van der Waals surface area contributed by atoms with Gasteiger partial charge in [0.25, 0.3) is 0 Å². The highest BCUT2D eigenvalue weighted by Crippen LogP contribution is 2.25. The van der Waals surface area contributed by atoms with Crippen LogP contribution in [0, 0.1) is 0 Å². The molecule has 0 aliphatic carbocycles. The van der Waals surface area contributed by atoms with E-state index in [0.29, 0.717) is 17.5 Å². The summed E-state index contributed by atoms with van der Waals surface area (Å²) in [4.78, 5) is 0. The number of rotatable bonds is 2. The first-order valence-electron chi connectivity index (χ1n) is 4.77. The molecule has 2 nitrogen and oxygen atoms in total. The van der Waals surface area contributed by atoms with E-state index in [9.17, 15) is 10.2 Å². The zero-order chi connectivity index (χ0) is 10.7. The van der Waals surface area contributed by atoms with Gasteiger partial charge in [-0.1, -0.05) is 36.4 Å². The Morgan fingerprint density at radius 2 is 1.07 bits per heavy atom. The molecule has 0 spiro atoms. The summed E-state index contributed by atoms with van der Waals surface area (Å²) < 4.78 is 0. The van der Waals surface area contributed by atoms with E-state index < -0.39 is 0 Å². The Bertz CT molecular complexity index is 420. The van der Waals surface area contributed by atoms with Crippen LogP contribution in [0.5, 0.6) is 11.5 Å².